The molecule has 0 unspecified atom stereocenters. The van der Waals surface area contributed by atoms with Gasteiger partial charge >= 0.3 is 0 Å². The van der Waals surface area contributed by atoms with Crippen molar-refractivity contribution in [1.29, 1.82) is 0 Å². The molecular weight excluding hydrogens is 154 g/mol. The van der Waals surface area contributed by atoms with Gasteiger partial charge in [0.25, 0.3) is 0 Å². The van der Waals surface area contributed by atoms with Gasteiger partial charge in [-0.25, -0.2) is 0 Å². The fourth-order valence-electron chi connectivity index (χ4n) is 1.09. The van der Waals surface area contributed by atoms with Gasteiger partial charge in [0.05, 0.1) is 6.61 Å². The van der Waals surface area contributed by atoms with Crippen molar-refractivity contribution in [2.75, 3.05) is 13.7 Å². The molecule has 0 N–H and O–H groups in total. The van der Waals surface area contributed by atoms with Gasteiger partial charge < -0.3 is 9.30 Å². The molecule has 1 aromatic rings. The molecule has 0 aliphatic heterocycles. The van der Waals surface area contributed by atoms with Crippen LogP contribution in [0.3, 0.4) is 0 Å². The quantitative estimate of drug-likeness (QED) is 0.656. The minimum Gasteiger partial charge on any atom is -0.384 e. The molecule has 12 heavy (non-hydrogen) atoms. The third-order valence-corrected chi connectivity index (χ3v) is 1.69. The number of aromatic nitrogens is 3. The molecule has 1 rings (SSSR count). The standard InChI is InChI=1S/C8H15N3O/c1-3-5-11-7-9-10-8(11)4-6-12-2/h7H,3-6H2,1-2H3. The minimum atomic E-state index is 0.711. The predicted octanol–water partition coefficient (Wildman–Crippen LogP) is 0.877. The molecule has 0 atom stereocenters. The number of methoxy groups -OCH3 is 1. The maximum atomic E-state index is 4.97. The van der Waals surface area contributed by atoms with Crippen molar-refractivity contribution in [2.24, 2.45) is 0 Å². The molecule has 4 nitrogen and oxygen atoms in total. The van der Waals surface area contributed by atoms with Gasteiger partial charge in [0.1, 0.15) is 12.2 Å². The first kappa shape index (κ1) is 9.19. The van der Waals surface area contributed by atoms with E-state index in [0.717, 1.165) is 25.2 Å². The van der Waals surface area contributed by atoms with E-state index in [4.69, 9.17) is 4.74 Å². The molecule has 0 radical (unpaired) electrons. The summed E-state index contributed by atoms with van der Waals surface area (Å²) in [6.45, 7) is 3.84. The van der Waals surface area contributed by atoms with E-state index in [9.17, 15) is 0 Å². The predicted molar refractivity (Wildman–Crippen MR) is 45.9 cm³/mol. The molecule has 68 valence electrons. The normalized spacial score (nSPS) is 10.5. The van der Waals surface area contributed by atoms with Crippen LogP contribution in [0, 0.1) is 0 Å². The Morgan fingerprint density at radius 2 is 2.42 bits per heavy atom. The highest BCUT2D eigenvalue weighted by Gasteiger charge is 2.01. The van der Waals surface area contributed by atoms with Crippen LogP contribution in [0.25, 0.3) is 0 Å². The van der Waals surface area contributed by atoms with Gasteiger partial charge in [-0.2, -0.15) is 0 Å². The lowest BCUT2D eigenvalue weighted by Gasteiger charge is -2.02. The molecule has 1 aromatic heterocycles. The Morgan fingerprint density at radius 3 is 3.08 bits per heavy atom. The second-order valence-electron chi connectivity index (χ2n) is 2.68. The van der Waals surface area contributed by atoms with Crippen molar-refractivity contribution in [1.82, 2.24) is 14.8 Å². The lowest BCUT2D eigenvalue weighted by atomic mass is 10.4. The first-order chi connectivity index (χ1) is 5.88. The van der Waals surface area contributed by atoms with E-state index in [2.05, 4.69) is 21.7 Å². The smallest absolute Gasteiger partial charge is 0.135 e. The van der Waals surface area contributed by atoms with Crippen molar-refractivity contribution in [3.63, 3.8) is 0 Å². The van der Waals surface area contributed by atoms with Crippen LogP contribution >= 0.6 is 0 Å². The largest absolute Gasteiger partial charge is 0.384 e. The van der Waals surface area contributed by atoms with Crippen LogP contribution in [0.2, 0.25) is 0 Å². The summed E-state index contributed by atoms with van der Waals surface area (Å²) in [5, 5.41) is 7.86. The van der Waals surface area contributed by atoms with E-state index in [1.165, 1.54) is 0 Å². The van der Waals surface area contributed by atoms with Gasteiger partial charge in [0, 0.05) is 20.1 Å². The molecule has 0 bridgehead atoms. The minimum absolute atomic E-state index is 0.711. The Hall–Kier alpha value is -0.900. The molecule has 4 heteroatoms. The zero-order chi connectivity index (χ0) is 8.81. The summed E-state index contributed by atoms with van der Waals surface area (Å²) in [5.41, 5.74) is 0. The van der Waals surface area contributed by atoms with Crippen LogP contribution in [0.4, 0.5) is 0 Å². The molecule has 0 fully saturated rings. The van der Waals surface area contributed by atoms with Gasteiger partial charge in [0.2, 0.25) is 0 Å². The van der Waals surface area contributed by atoms with E-state index >= 15 is 0 Å². The zero-order valence-electron chi connectivity index (χ0n) is 7.66. The van der Waals surface area contributed by atoms with Crippen molar-refractivity contribution in [3.05, 3.63) is 12.2 Å². The lowest BCUT2D eigenvalue weighted by molar-refractivity contribution is 0.199. The number of nitrogens with zero attached hydrogens (tertiary/aromatic N) is 3. The zero-order valence-corrected chi connectivity index (χ0v) is 7.66. The topological polar surface area (TPSA) is 39.9 Å². The molecule has 0 aliphatic carbocycles. The Kier molecular flexibility index (Phi) is 3.73. The summed E-state index contributed by atoms with van der Waals surface area (Å²) < 4.78 is 7.04. The number of aryl methyl sites for hydroxylation is 1. The number of ether oxygens (including phenoxy) is 1. The summed E-state index contributed by atoms with van der Waals surface area (Å²) in [6.07, 6.45) is 3.73. The van der Waals surface area contributed by atoms with Gasteiger partial charge in [-0.1, -0.05) is 6.92 Å². The van der Waals surface area contributed by atoms with Crippen LogP contribution in [-0.4, -0.2) is 28.5 Å². The fraction of sp³-hybridized carbons (Fsp3) is 0.750. The maximum absolute atomic E-state index is 4.97. The number of hydrogen-bond acceptors (Lipinski definition) is 3. The maximum Gasteiger partial charge on any atom is 0.135 e. The summed E-state index contributed by atoms with van der Waals surface area (Å²) in [5.74, 6) is 1.01. The lowest BCUT2D eigenvalue weighted by Crippen LogP contribution is -2.05. The van der Waals surface area contributed by atoms with Crippen LogP contribution in [0.5, 0.6) is 0 Å². The van der Waals surface area contributed by atoms with E-state index in [-0.39, 0.29) is 0 Å². The summed E-state index contributed by atoms with van der Waals surface area (Å²) in [4.78, 5) is 0. The summed E-state index contributed by atoms with van der Waals surface area (Å²) in [6, 6.07) is 0. The molecule has 1 heterocycles. The highest BCUT2D eigenvalue weighted by Crippen LogP contribution is 1.97. The Labute approximate surface area is 72.6 Å². The van der Waals surface area contributed by atoms with Crippen LogP contribution in [-0.2, 0) is 17.7 Å². The number of hydrogen-bond donors (Lipinski definition) is 0. The van der Waals surface area contributed by atoms with Crippen molar-refractivity contribution >= 4 is 0 Å². The second kappa shape index (κ2) is 4.87. The van der Waals surface area contributed by atoms with Gasteiger partial charge in [-0.05, 0) is 6.42 Å². The molecule has 0 saturated carbocycles. The van der Waals surface area contributed by atoms with Gasteiger partial charge in [0.15, 0.2) is 0 Å². The number of rotatable bonds is 5. The van der Waals surface area contributed by atoms with Gasteiger partial charge in [-0.15, -0.1) is 10.2 Å². The van der Waals surface area contributed by atoms with E-state index < -0.39 is 0 Å². The Balaban J connectivity index is 2.51. The SMILES string of the molecule is CCCn1cnnc1CCOC. The highest BCUT2D eigenvalue weighted by molar-refractivity contribution is 4.85. The molecule has 0 aliphatic rings. The first-order valence-corrected chi connectivity index (χ1v) is 4.24. The Bertz CT molecular complexity index is 222. The monoisotopic (exact) mass is 169 g/mol. The third kappa shape index (κ3) is 2.30. The van der Waals surface area contributed by atoms with Crippen LogP contribution in [0.15, 0.2) is 6.33 Å². The van der Waals surface area contributed by atoms with Crippen LogP contribution in [0.1, 0.15) is 19.2 Å². The van der Waals surface area contributed by atoms with Crippen LogP contribution < -0.4 is 0 Å². The molecule has 0 spiro atoms. The molecular formula is C8H15N3O. The Morgan fingerprint density at radius 1 is 1.58 bits per heavy atom. The van der Waals surface area contributed by atoms with E-state index in [1.807, 2.05) is 0 Å². The highest BCUT2D eigenvalue weighted by atomic mass is 16.5. The molecule has 0 aromatic carbocycles. The molecule has 0 amide bonds. The van der Waals surface area contributed by atoms with E-state index in [1.54, 1.807) is 13.4 Å². The average Bonchev–Trinajstić information content (AvgIpc) is 2.50. The molecule has 0 saturated heterocycles. The first-order valence-electron chi connectivity index (χ1n) is 4.24. The fourth-order valence-corrected chi connectivity index (χ4v) is 1.09. The average molecular weight is 169 g/mol. The second-order valence-corrected chi connectivity index (χ2v) is 2.68. The van der Waals surface area contributed by atoms with E-state index in [0.29, 0.717) is 6.61 Å². The van der Waals surface area contributed by atoms with Gasteiger partial charge in [-0.3, -0.25) is 0 Å². The van der Waals surface area contributed by atoms with Crippen molar-refractivity contribution in [3.8, 4) is 0 Å². The summed E-state index contributed by atoms with van der Waals surface area (Å²) >= 11 is 0. The summed E-state index contributed by atoms with van der Waals surface area (Å²) in [7, 11) is 1.69. The van der Waals surface area contributed by atoms with Crippen molar-refractivity contribution < 1.29 is 4.74 Å². The third-order valence-electron chi connectivity index (χ3n) is 1.69. The van der Waals surface area contributed by atoms with Crippen molar-refractivity contribution in [2.45, 2.75) is 26.3 Å².